The number of thiocarbonyl (C=S) groups is 1. The Bertz CT molecular complexity index is 945. The van der Waals surface area contributed by atoms with Crippen LogP contribution >= 0.6 is 39.9 Å². The SMILES string of the molecule is CCOc1ccc(C=C2SC(=S)N(CC(=O)Nc3ccccc3Br)C2=O)cc1. The molecule has 1 aliphatic heterocycles. The zero-order chi connectivity index (χ0) is 20.1. The normalized spacial score (nSPS) is 15.2. The van der Waals surface area contributed by atoms with Gasteiger partial charge in [-0.15, -0.1) is 0 Å². The van der Waals surface area contributed by atoms with E-state index >= 15 is 0 Å². The standard InChI is InChI=1S/C20H17BrN2O3S2/c1-2-26-14-9-7-13(8-10-14)11-17-19(25)23(20(27)28-17)12-18(24)22-16-6-4-3-5-15(16)21/h3-11H,2,12H2,1H3,(H,22,24). The zero-order valence-electron chi connectivity index (χ0n) is 15.0. The van der Waals surface area contributed by atoms with Crippen LogP contribution in [0.1, 0.15) is 12.5 Å². The average Bonchev–Trinajstić information content (AvgIpc) is 2.93. The number of para-hydroxylation sites is 1. The number of hydrogen-bond donors (Lipinski definition) is 1. The maximum atomic E-state index is 12.7. The third-order valence-corrected chi connectivity index (χ3v) is 5.88. The maximum absolute atomic E-state index is 12.7. The van der Waals surface area contributed by atoms with Gasteiger partial charge in [-0.25, -0.2) is 0 Å². The average molecular weight is 477 g/mol. The van der Waals surface area contributed by atoms with E-state index in [9.17, 15) is 9.59 Å². The molecule has 0 aliphatic carbocycles. The van der Waals surface area contributed by atoms with Crippen molar-refractivity contribution in [3.63, 3.8) is 0 Å². The van der Waals surface area contributed by atoms with E-state index in [4.69, 9.17) is 17.0 Å². The van der Waals surface area contributed by atoms with E-state index in [1.54, 1.807) is 12.1 Å². The van der Waals surface area contributed by atoms with Gasteiger partial charge >= 0.3 is 0 Å². The van der Waals surface area contributed by atoms with Crippen molar-refractivity contribution < 1.29 is 14.3 Å². The fraction of sp³-hybridized carbons (Fsp3) is 0.150. The first-order valence-corrected chi connectivity index (χ1v) is 10.5. The summed E-state index contributed by atoms with van der Waals surface area (Å²) in [4.78, 5) is 26.8. The molecule has 2 aromatic carbocycles. The monoisotopic (exact) mass is 476 g/mol. The molecule has 0 radical (unpaired) electrons. The molecule has 0 saturated carbocycles. The molecule has 0 atom stereocenters. The molecule has 0 aromatic heterocycles. The highest BCUT2D eigenvalue weighted by molar-refractivity contribution is 9.10. The van der Waals surface area contributed by atoms with E-state index in [-0.39, 0.29) is 18.4 Å². The number of hydrogen-bond acceptors (Lipinski definition) is 5. The summed E-state index contributed by atoms with van der Waals surface area (Å²) in [5, 5.41) is 2.78. The number of nitrogens with one attached hydrogen (secondary N) is 1. The number of rotatable bonds is 6. The number of carbonyl (C=O) groups excluding carboxylic acids is 2. The summed E-state index contributed by atoms with van der Waals surface area (Å²) in [6.45, 7) is 2.39. The van der Waals surface area contributed by atoms with E-state index in [0.717, 1.165) is 15.8 Å². The zero-order valence-corrected chi connectivity index (χ0v) is 18.2. The number of amides is 2. The second kappa shape index (κ2) is 9.36. The summed E-state index contributed by atoms with van der Waals surface area (Å²) < 4.78 is 6.55. The van der Waals surface area contributed by atoms with Crippen LogP contribution in [0.4, 0.5) is 5.69 Å². The lowest BCUT2D eigenvalue weighted by atomic mass is 10.2. The van der Waals surface area contributed by atoms with Gasteiger partial charge in [0.15, 0.2) is 0 Å². The first-order chi connectivity index (χ1) is 13.5. The maximum Gasteiger partial charge on any atom is 0.266 e. The summed E-state index contributed by atoms with van der Waals surface area (Å²) in [5.74, 6) is 0.188. The molecule has 0 unspecified atom stereocenters. The van der Waals surface area contributed by atoms with Crippen LogP contribution < -0.4 is 10.1 Å². The molecule has 5 nitrogen and oxygen atoms in total. The minimum absolute atomic E-state index is 0.132. The largest absolute Gasteiger partial charge is 0.494 e. The first-order valence-electron chi connectivity index (χ1n) is 8.50. The second-order valence-electron chi connectivity index (χ2n) is 5.80. The topological polar surface area (TPSA) is 58.6 Å². The van der Waals surface area contributed by atoms with Crippen LogP contribution in [0.25, 0.3) is 6.08 Å². The van der Waals surface area contributed by atoms with Gasteiger partial charge in [0.1, 0.15) is 16.6 Å². The van der Waals surface area contributed by atoms with Gasteiger partial charge in [0.25, 0.3) is 5.91 Å². The minimum atomic E-state index is -0.314. The molecule has 1 heterocycles. The molecular formula is C20H17BrN2O3S2. The van der Waals surface area contributed by atoms with Crippen molar-refractivity contribution in [2.45, 2.75) is 6.92 Å². The predicted molar refractivity (Wildman–Crippen MR) is 120 cm³/mol. The van der Waals surface area contributed by atoms with Crippen LogP contribution in [-0.2, 0) is 9.59 Å². The third kappa shape index (κ3) is 5.01. The molecule has 1 saturated heterocycles. The fourth-order valence-electron chi connectivity index (χ4n) is 2.51. The van der Waals surface area contributed by atoms with Gasteiger partial charge in [0.2, 0.25) is 5.91 Å². The predicted octanol–water partition coefficient (Wildman–Crippen LogP) is 4.69. The Kier molecular flexibility index (Phi) is 6.88. The highest BCUT2D eigenvalue weighted by Gasteiger charge is 2.33. The first kappa shape index (κ1) is 20.6. The Labute approximate surface area is 181 Å². The van der Waals surface area contributed by atoms with Gasteiger partial charge in [0, 0.05) is 4.47 Å². The van der Waals surface area contributed by atoms with Gasteiger partial charge in [-0.1, -0.05) is 48.2 Å². The van der Waals surface area contributed by atoms with Crippen molar-refractivity contribution in [3.8, 4) is 5.75 Å². The van der Waals surface area contributed by atoms with Gasteiger partial charge < -0.3 is 10.1 Å². The number of halogens is 1. The number of anilines is 1. The molecule has 0 bridgehead atoms. The van der Waals surface area contributed by atoms with Crippen LogP contribution in [0.2, 0.25) is 0 Å². The summed E-state index contributed by atoms with van der Waals surface area (Å²) in [7, 11) is 0. The number of thioether (sulfide) groups is 1. The van der Waals surface area contributed by atoms with Crippen LogP contribution in [0, 0.1) is 0 Å². The Hall–Kier alpha value is -2.16. The van der Waals surface area contributed by atoms with E-state index in [2.05, 4.69) is 21.2 Å². The van der Waals surface area contributed by atoms with E-state index < -0.39 is 0 Å². The molecule has 2 aromatic rings. The molecule has 28 heavy (non-hydrogen) atoms. The van der Waals surface area contributed by atoms with Crippen molar-refractivity contribution in [3.05, 3.63) is 63.5 Å². The number of ether oxygens (including phenoxy) is 1. The number of benzene rings is 2. The molecule has 1 N–H and O–H groups in total. The number of carbonyl (C=O) groups is 2. The molecule has 1 aliphatic rings. The summed E-state index contributed by atoms with van der Waals surface area (Å²) in [5.41, 5.74) is 1.50. The lowest BCUT2D eigenvalue weighted by Gasteiger charge is -2.14. The van der Waals surface area contributed by atoms with Crippen molar-refractivity contribution in [1.82, 2.24) is 4.90 Å². The van der Waals surface area contributed by atoms with Crippen LogP contribution in [0.15, 0.2) is 57.9 Å². The van der Waals surface area contributed by atoms with Gasteiger partial charge in [0.05, 0.1) is 17.2 Å². The summed E-state index contributed by atoms with van der Waals surface area (Å²) in [6, 6.07) is 14.7. The lowest BCUT2D eigenvalue weighted by Crippen LogP contribution is -2.36. The molecule has 144 valence electrons. The highest BCUT2D eigenvalue weighted by Crippen LogP contribution is 2.32. The van der Waals surface area contributed by atoms with Crippen molar-refractivity contribution in [2.75, 3.05) is 18.5 Å². The Morgan fingerprint density at radius 3 is 2.64 bits per heavy atom. The van der Waals surface area contributed by atoms with Crippen LogP contribution in [-0.4, -0.2) is 34.2 Å². The molecular weight excluding hydrogens is 460 g/mol. The lowest BCUT2D eigenvalue weighted by molar-refractivity contribution is -0.126. The van der Waals surface area contributed by atoms with E-state index in [1.165, 1.54) is 16.7 Å². The Balaban J connectivity index is 1.67. The second-order valence-corrected chi connectivity index (χ2v) is 8.33. The fourth-order valence-corrected chi connectivity index (χ4v) is 4.15. The molecule has 2 amide bonds. The highest BCUT2D eigenvalue weighted by atomic mass is 79.9. The molecule has 1 fully saturated rings. The van der Waals surface area contributed by atoms with Crippen molar-refractivity contribution in [1.29, 1.82) is 0 Å². The van der Waals surface area contributed by atoms with E-state index in [0.29, 0.717) is 21.5 Å². The minimum Gasteiger partial charge on any atom is -0.494 e. The van der Waals surface area contributed by atoms with Crippen molar-refractivity contribution >= 4 is 67.8 Å². The summed E-state index contributed by atoms with van der Waals surface area (Å²) in [6.07, 6.45) is 1.76. The molecule has 0 spiro atoms. The smallest absolute Gasteiger partial charge is 0.266 e. The molecule has 3 rings (SSSR count). The molecule has 8 heteroatoms. The number of nitrogens with zero attached hydrogens (tertiary/aromatic N) is 1. The summed E-state index contributed by atoms with van der Waals surface area (Å²) >= 11 is 9.86. The van der Waals surface area contributed by atoms with Crippen LogP contribution in [0.5, 0.6) is 5.75 Å². The third-order valence-electron chi connectivity index (χ3n) is 3.81. The van der Waals surface area contributed by atoms with Gasteiger partial charge in [-0.2, -0.15) is 0 Å². The Morgan fingerprint density at radius 1 is 1.25 bits per heavy atom. The van der Waals surface area contributed by atoms with Crippen molar-refractivity contribution in [2.24, 2.45) is 0 Å². The van der Waals surface area contributed by atoms with Gasteiger partial charge in [-0.05, 0) is 58.8 Å². The quantitative estimate of drug-likeness (QED) is 0.484. The van der Waals surface area contributed by atoms with Crippen LogP contribution in [0.3, 0.4) is 0 Å². The van der Waals surface area contributed by atoms with Gasteiger partial charge in [-0.3, -0.25) is 14.5 Å². The van der Waals surface area contributed by atoms with E-state index in [1.807, 2.05) is 49.4 Å². The Morgan fingerprint density at radius 2 is 1.96 bits per heavy atom.